The molecule has 0 unspecified atom stereocenters. The smallest absolute Gasteiger partial charge is 0.167 e. The molecule has 2 heterocycles. The second-order valence-electron chi connectivity index (χ2n) is 5.41. The van der Waals surface area contributed by atoms with Gasteiger partial charge in [-0.05, 0) is 13.0 Å². The molecular formula is C15H24N2O+2. The summed E-state index contributed by atoms with van der Waals surface area (Å²) >= 11 is 0. The van der Waals surface area contributed by atoms with Crippen molar-refractivity contribution < 1.29 is 15.0 Å². The third-order valence-electron chi connectivity index (χ3n) is 4.31. The van der Waals surface area contributed by atoms with Gasteiger partial charge in [-0.3, -0.25) is 0 Å². The molecule has 2 aliphatic rings. The second-order valence-corrected chi connectivity index (χ2v) is 5.41. The van der Waals surface area contributed by atoms with E-state index >= 15 is 0 Å². The number of rotatable bonds is 3. The van der Waals surface area contributed by atoms with E-state index in [1.807, 2.05) is 0 Å². The van der Waals surface area contributed by atoms with Crippen molar-refractivity contribution in [3.8, 4) is 5.75 Å². The zero-order valence-corrected chi connectivity index (χ0v) is 11.2. The van der Waals surface area contributed by atoms with Crippen molar-refractivity contribution in [2.45, 2.75) is 32.4 Å². The van der Waals surface area contributed by atoms with Crippen LogP contribution in [0.4, 0.5) is 0 Å². The normalized spacial score (nSPS) is 23.9. The Bertz CT molecular complexity index is 413. The first kappa shape index (κ1) is 12.0. The lowest BCUT2D eigenvalue weighted by Crippen LogP contribution is -3.13. The minimum absolute atomic E-state index is 0.638. The highest BCUT2D eigenvalue weighted by Gasteiger charge is 2.35. The highest BCUT2D eigenvalue weighted by molar-refractivity contribution is 5.42. The van der Waals surface area contributed by atoms with Crippen molar-refractivity contribution in [2.75, 3.05) is 26.2 Å². The SMILES string of the molecule is CCOc1cccc2c1[C@@H]([NH+]1CCCC1)C[NH2+]C2. The maximum atomic E-state index is 5.87. The fourth-order valence-electron chi connectivity index (χ4n) is 3.52. The third kappa shape index (κ3) is 2.13. The van der Waals surface area contributed by atoms with Crippen molar-refractivity contribution in [3.05, 3.63) is 29.3 Å². The Kier molecular flexibility index (Phi) is 3.52. The maximum Gasteiger partial charge on any atom is 0.167 e. The van der Waals surface area contributed by atoms with E-state index in [9.17, 15) is 0 Å². The summed E-state index contributed by atoms with van der Waals surface area (Å²) in [5, 5.41) is 2.45. The quantitative estimate of drug-likeness (QED) is 0.768. The predicted molar refractivity (Wildman–Crippen MR) is 70.8 cm³/mol. The van der Waals surface area contributed by atoms with E-state index in [-0.39, 0.29) is 0 Å². The lowest BCUT2D eigenvalue weighted by molar-refractivity contribution is -0.937. The van der Waals surface area contributed by atoms with Crippen LogP contribution in [-0.2, 0) is 6.54 Å². The van der Waals surface area contributed by atoms with Crippen LogP contribution in [0.5, 0.6) is 5.75 Å². The molecule has 98 valence electrons. The molecule has 1 fully saturated rings. The lowest BCUT2D eigenvalue weighted by atomic mass is 9.94. The van der Waals surface area contributed by atoms with Gasteiger partial charge in [-0.2, -0.15) is 0 Å². The van der Waals surface area contributed by atoms with Gasteiger partial charge in [0.2, 0.25) is 0 Å². The van der Waals surface area contributed by atoms with Crippen molar-refractivity contribution in [2.24, 2.45) is 0 Å². The summed E-state index contributed by atoms with van der Waals surface area (Å²) < 4.78 is 5.87. The van der Waals surface area contributed by atoms with E-state index in [2.05, 4.69) is 30.4 Å². The van der Waals surface area contributed by atoms with Crippen LogP contribution in [0, 0.1) is 0 Å². The number of likely N-dealkylation sites (tertiary alicyclic amines) is 1. The number of hydrogen-bond acceptors (Lipinski definition) is 1. The molecule has 0 amide bonds. The van der Waals surface area contributed by atoms with Crippen molar-refractivity contribution in [3.63, 3.8) is 0 Å². The molecule has 0 saturated carbocycles. The Hall–Kier alpha value is -1.06. The number of fused-ring (bicyclic) bond motifs is 1. The molecule has 0 aromatic heterocycles. The summed E-state index contributed by atoms with van der Waals surface area (Å²) in [5.74, 6) is 1.13. The third-order valence-corrected chi connectivity index (χ3v) is 4.31. The Morgan fingerprint density at radius 3 is 2.94 bits per heavy atom. The molecule has 3 N–H and O–H groups in total. The first-order valence-corrected chi connectivity index (χ1v) is 7.31. The van der Waals surface area contributed by atoms with Gasteiger partial charge in [0.15, 0.2) is 6.04 Å². The fourth-order valence-corrected chi connectivity index (χ4v) is 3.52. The van der Waals surface area contributed by atoms with Crippen LogP contribution in [0.15, 0.2) is 18.2 Å². The van der Waals surface area contributed by atoms with Crippen LogP contribution in [0.1, 0.15) is 36.9 Å². The van der Waals surface area contributed by atoms with Gasteiger partial charge in [-0.1, -0.05) is 12.1 Å². The number of quaternary nitrogens is 2. The molecule has 0 radical (unpaired) electrons. The summed E-state index contributed by atoms with van der Waals surface area (Å²) in [6.07, 6.45) is 2.77. The number of nitrogens with one attached hydrogen (secondary N) is 1. The Balaban J connectivity index is 1.96. The molecule has 3 rings (SSSR count). The highest BCUT2D eigenvalue weighted by atomic mass is 16.5. The summed E-state index contributed by atoms with van der Waals surface area (Å²) in [5.41, 5.74) is 2.98. The van der Waals surface area contributed by atoms with Crippen LogP contribution in [0.3, 0.4) is 0 Å². The lowest BCUT2D eigenvalue weighted by Gasteiger charge is -2.30. The molecule has 3 nitrogen and oxygen atoms in total. The molecule has 2 aliphatic heterocycles. The molecule has 1 aromatic carbocycles. The first-order chi connectivity index (χ1) is 8.90. The molecule has 1 aromatic rings. The number of benzene rings is 1. The Labute approximate surface area is 109 Å². The van der Waals surface area contributed by atoms with E-state index in [1.165, 1.54) is 43.6 Å². The van der Waals surface area contributed by atoms with Crippen LogP contribution in [0.25, 0.3) is 0 Å². The minimum Gasteiger partial charge on any atom is -0.493 e. The van der Waals surface area contributed by atoms with Gasteiger partial charge in [-0.15, -0.1) is 0 Å². The predicted octanol–water partition coefficient (Wildman–Crippen LogP) is -0.118. The second kappa shape index (κ2) is 5.29. The fraction of sp³-hybridized carbons (Fsp3) is 0.600. The number of hydrogen-bond donors (Lipinski definition) is 2. The largest absolute Gasteiger partial charge is 0.493 e. The zero-order valence-electron chi connectivity index (χ0n) is 11.2. The Morgan fingerprint density at radius 2 is 2.17 bits per heavy atom. The highest BCUT2D eigenvalue weighted by Crippen LogP contribution is 2.28. The van der Waals surface area contributed by atoms with Crippen LogP contribution in [0.2, 0.25) is 0 Å². The van der Waals surface area contributed by atoms with Gasteiger partial charge < -0.3 is 15.0 Å². The zero-order chi connectivity index (χ0) is 12.4. The monoisotopic (exact) mass is 248 g/mol. The van der Waals surface area contributed by atoms with Crippen LogP contribution in [-0.4, -0.2) is 26.2 Å². The van der Waals surface area contributed by atoms with Crippen molar-refractivity contribution in [1.29, 1.82) is 0 Å². The average Bonchev–Trinajstić information content (AvgIpc) is 2.92. The maximum absolute atomic E-state index is 5.87. The standard InChI is InChI=1S/C15H22N2O/c1-2-18-14-7-5-6-12-10-16-11-13(15(12)14)17-8-3-4-9-17/h5-7,13,16H,2-4,8-11H2,1H3/p+2/t13-/m0/s1. The molecule has 1 atom stereocenters. The van der Waals surface area contributed by atoms with Gasteiger partial charge in [0.05, 0.1) is 25.3 Å². The number of nitrogens with two attached hydrogens (primary N) is 1. The summed E-state index contributed by atoms with van der Waals surface area (Å²) in [7, 11) is 0. The van der Waals surface area contributed by atoms with Gasteiger partial charge in [-0.25, -0.2) is 0 Å². The van der Waals surface area contributed by atoms with Gasteiger partial charge >= 0.3 is 0 Å². The average molecular weight is 248 g/mol. The summed E-state index contributed by atoms with van der Waals surface area (Å²) in [6.45, 7) is 7.83. The Morgan fingerprint density at radius 1 is 1.33 bits per heavy atom. The number of ether oxygens (including phenoxy) is 1. The molecule has 1 saturated heterocycles. The molecule has 18 heavy (non-hydrogen) atoms. The molecule has 0 bridgehead atoms. The van der Waals surface area contributed by atoms with Gasteiger partial charge in [0, 0.05) is 18.4 Å². The van der Waals surface area contributed by atoms with E-state index in [0.717, 1.165) is 18.9 Å². The minimum atomic E-state index is 0.638. The van der Waals surface area contributed by atoms with Crippen LogP contribution >= 0.6 is 0 Å². The topological polar surface area (TPSA) is 30.3 Å². The van der Waals surface area contributed by atoms with Crippen molar-refractivity contribution in [1.82, 2.24) is 0 Å². The van der Waals surface area contributed by atoms with E-state index in [1.54, 1.807) is 4.90 Å². The van der Waals surface area contributed by atoms with E-state index < -0.39 is 0 Å². The first-order valence-electron chi connectivity index (χ1n) is 7.31. The molecule has 0 spiro atoms. The molecule has 0 aliphatic carbocycles. The van der Waals surface area contributed by atoms with Crippen molar-refractivity contribution >= 4 is 0 Å². The summed E-state index contributed by atoms with van der Waals surface area (Å²) in [4.78, 5) is 1.76. The molecule has 3 heteroatoms. The summed E-state index contributed by atoms with van der Waals surface area (Å²) in [6, 6.07) is 7.20. The van der Waals surface area contributed by atoms with Gasteiger partial charge in [0.1, 0.15) is 18.8 Å². The molecular weight excluding hydrogens is 224 g/mol. The van der Waals surface area contributed by atoms with Crippen LogP contribution < -0.4 is 15.0 Å². The van der Waals surface area contributed by atoms with Gasteiger partial charge in [0.25, 0.3) is 0 Å². The van der Waals surface area contributed by atoms with E-state index in [4.69, 9.17) is 4.74 Å². The van der Waals surface area contributed by atoms with E-state index in [0.29, 0.717) is 6.04 Å².